The Morgan fingerprint density at radius 1 is 1.50 bits per heavy atom. The van der Waals surface area contributed by atoms with E-state index in [0.717, 1.165) is 0 Å². The van der Waals surface area contributed by atoms with Gasteiger partial charge in [0, 0.05) is 6.07 Å². The lowest BCUT2D eigenvalue weighted by atomic mass is 10.2. The molecular weight excluding hydrogens is 236 g/mol. The number of carbonyl (C=O) groups is 1. The zero-order chi connectivity index (χ0) is 12.3. The Labute approximate surface area is 92.0 Å². The van der Waals surface area contributed by atoms with Crippen LogP contribution in [0.4, 0.5) is 5.69 Å². The van der Waals surface area contributed by atoms with Gasteiger partial charge in [0.2, 0.25) is 0 Å². The quantitative estimate of drug-likeness (QED) is 0.691. The molecule has 0 fully saturated rings. The van der Waals surface area contributed by atoms with Gasteiger partial charge in [-0.2, -0.15) is 8.42 Å². The number of carboxylic acids is 1. The van der Waals surface area contributed by atoms with Crippen LogP contribution in [0, 0.1) is 0 Å². The number of nitrogens with one attached hydrogen (secondary N) is 1. The minimum Gasteiger partial charge on any atom is -0.497 e. The third-order valence-electron chi connectivity index (χ3n) is 1.71. The lowest BCUT2D eigenvalue weighted by Crippen LogP contribution is -2.23. The fraction of sp³-hybridized carbons (Fsp3) is 0.125. The molecule has 1 aromatic rings. The Kier molecular flexibility index (Phi) is 3.35. The summed E-state index contributed by atoms with van der Waals surface area (Å²) in [6.07, 6.45) is 0. The molecule has 0 amide bonds. The van der Waals surface area contributed by atoms with Gasteiger partial charge in [-0.25, -0.2) is 9.93 Å². The third kappa shape index (κ3) is 3.11. The average molecular weight is 246 g/mol. The number of carboxylic acid groups (broad SMARTS) is 1. The van der Waals surface area contributed by atoms with Crippen LogP contribution in [0.1, 0.15) is 10.4 Å². The first-order chi connectivity index (χ1) is 7.33. The second-order valence-corrected chi connectivity index (χ2v) is 4.16. The van der Waals surface area contributed by atoms with Gasteiger partial charge in [0.05, 0.1) is 18.4 Å². The summed E-state index contributed by atoms with van der Waals surface area (Å²) in [4.78, 5) is 10.8. The normalized spacial score (nSPS) is 10.9. The van der Waals surface area contributed by atoms with E-state index in [1.165, 1.54) is 25.3 Å². The van der Waals surface area contributed by atoms with Gasteiger partial charge in [-0.15, -0.1) is 0 Å². The Bertz CT molecular complexity index is 511. The summed E-state index contributed by atoms with van der Waals surface area (Å²) < 4.78 is 28.3. The van der Waals surface area contributed by atoms with Gasteiger partial charge in [0.15, 0.2) is 0 Å². The molecule has 0 spiro atoms. The largest absolute Gasteiger partial charge is 0.497 e. The highest BCUT2D eigenvalue weighted by atomic mass is 32.2. The molecule has 0 aliphatic heterocycles. The highest BCUT2D eigenvalue weighted by Gasteiger charge is 2.14. The molecule has 0 atom stereocenters. The highest BCUT2D eigenvalue weighted by molar-refractivity contribution is 7.90. The molecule has 88 valence electrons. The van der Waals surface area contributed by atoms with Crippen LogP contribution in [0.15, 0.2) is 18.2 Å². The summed E-state index contributed by atoms with van der Waals surface area (Å²) in [5.41, 5.74) is -0.357. The molecule has 16 heavy (non-hydrogen) atoms. The molecule has 0 saturated heterocycles. The molecule has 0 heterocycles. The zero-order valence-electron chi connectivity index (χ0n) is 8.30. The molecule has 0 aromatic heterocycles. The summed E-state index contributed by atoms with van der Waals surface area (Å²) >= 11 is 0. The summed E-state index contributed by atoms with van der Waals surface area (Å²) in [7, 11) is -2.66. The molecule has 0 saturated carbocycles. The molecule has 8 heteroatoms. The van der Waals surface area contributed by atoms with E-state index in [4.69, 9.17) is 15.0 Å². The second-order valence-electron chi connectivity index (χ2n) is 2.86. The minimum atomic E-state index is -4.03. The van der Waals surface area contributed by atoms with E-state index in [1.807, 2.05) is 4.72 Å². The van der Waals surface area contributed by atoms with Crippen molar-refractivity contribution in [2.75, 3.05) is 11.8 Å². The van der Waals surface area contributed by atoms with E-state index in [9.17, 15) is 13.2 Å². The predicted octanol–water partition coefficient (Wildman–Crippen LogP) is 0.00880. The Hall–Kier alpha value is -1.80. The minimum absolute atomic E-state index is 0.144. The van der Waals surface area contributed by atoms with Crippen LogP contribution in [0.3, 0.4) is 0 Å². The summed E-state index contributed by atoms with van der Waals surface area (Å²) in [6.45, 7) is 0. The van der Waals surface area contributed by atoms with E-state index in [2.05, 4.69) is 0 Å². The molecule has 1 aromatic carbocycles. The number of hydrogen-bond acceptors (Lipinski definition) is 4. The first-order valence-corrected chi connectivity index (χ1v) is 5.60. The van der Waals surface area contributed by atoms with Crippen LogP contribution in [-0.2, 0) is 10.2 Å². The van der Waals surface area contributed by atoms with Crippen molar-refractivity contribution < 1.29 is 23.1 Å². The van der Waals surface area contributed by atoms with Crippen LogP contribution >= 0.6 is 0 Å². The maximum atomic E-state index is 10.8. The molecule has 7 nitrogen and oxygen atoms in total. The smallest absolute Gasteiger partial charge is 0.337 e. The molecule has 0 unspecified atom stereocenters. The van der Waals surface area contributed by atoms with Crippen molar-refractivity contribution in [3.8, 4) is 5.75 Å². The maximum absolute atomic E-state index is 10.8. The summed E-state index contributed by atoms with van der Waals surface area (Å²) in [5, 5.41) is 13.6. The number of methoxy groups -OCH3 is 1. The van der Waals surface area contributed by atoms with Crippen molar-refractivity contribution in [1.29, 1.82) is 0 Å². The van der Waals surface area contributed by atoms with Gasteiger partial charge in [-0.1, -0.05) is 0 Å². The maximum Gasteiger partial charge on any atom is 0.337 e. The van der Waals surface area contributed by atoms with Crippen LogP contribution in [0.2, 0.25) is 0 Å². The number of ether oxygens (including phenoxy) is 1. The molecule has 0 bridgehead atoms. The van der Waals surface area contributed by atoms with Gasteiger partial charge in [0.25, 0.3) is 10.2 Å². The van der Waals surface area contributed by atoms with E-state index >= 15 is 0 Å². The van der Waals surface area contributed by atoms with Crippen molar-refractivity contribution in [3.63, 3.8) is 0 Å². The molecule has 4 N–H and O–H groups in total. The molecule has 0 aliphatic rings. The van der Waals surface area contributed by atoms with Crippen molar-refractivity contribution in [2.24, 2.45) is 5.14 Å². The Morgan fingerprint density at radius 3 is 2.56 bits per heavy atom. The van der Waals surface area contributed by atoms with Gasteiger partial charge in [-0.3, -0.25) is 4.72 Å². The zero-order valence-corrected chi connectivity index (χ0v) is 9.11. The first kappa shape index (κ1) is 12.3. The standard InChI is InChI=1S/C8H10N2O5S/c1-15-5-2-3-6(8(11)12)7(4-5)10-16(9,13)14/h2-4,10H,1H3,(H,11,12)(H2,9,13,14). The molecule has 1 rings (SSSR count). The monoisotopic (exact) mass is 246 g/mol. The molecule has 0 aliphatic carbocycles. The number of anilines is 1. The van der Waals surface area contributed by atoms with Crippen LogP contribution in [-0.4, -0.2) is 26.6 Å². The average Bonchev–Trinajstić information content (AvgIpc) is 2.14. The number of aromatic carboxylic acids is 1. The van der Waals surface area contributed by atoms with Crippen LogP contribution in [0.25, 0.3) is 0 Å². The number of nitrogens with two attached hydrogens (primary N) is 1. The first-order valence-electron chi connectivity index (χ1n) is 4.05. The van der Waals surface area contributed by atoms with Gasteiger partial charge >= 0.3 is 5.97 Å². The van der Waals surface area contributed by atoms with Crippen LogP contribution < -0.4 is 14.6 Å². The Balaban J connectivity index is 3.26. The van der Waals surface area contributed by atoms with E-state index < -0.39 is 16.2 Å². The lowest BCUT2D eigenvalue weighted by molar-refractivity contribution is 0.0698. The third-order valence-corrected chi connectivity index (χ3v) is 2.21. The van der Waals surface area contributed by atoms with E-state index in [0.29, 0.717) is 5.75 Å². The van der Waals surface area contributed by atoms with Gasteiger partial charge in [0.1, 0.15) is 5.75 Å². The van der Waals surface area contributed by atoms with Crippen LogP contribution in [0.5, 0.6) is 5.75 Å². The van der Waals surface area contributed by atoms with Crippen molar-refractivity contribution in [2.45, 2.75) is 0 Å². The predicted molar refractivity (Wildman–Crippen MR) is 56.7 cm³/mol. The number of hydrogen-bond donors (Lipinski definition) is 3. The van der Waals surface area contributed by atoms with Crippen molar-refractivity contribution in [3.05, 3.63) is 23.8 Å². The topological polar surface area (TPSA) is 119 Å². The second kappa shape index (κ2) is 4.37. The fourth-order valence-corrected chi connectivity index (χ4v) is 1.55. The molecular formula is C8H10N2O5S. The SMILES string of the molecule is COc1ccc(C(=O)O)c(NS(N)(=O)=O)c1. The molecule has 0 radical (unpaired) electrons. The van der Waals surface area contributed by atoms with Crippen molar-refractivity contribution >= 4 is 21.9 Å². The lowest BCUT2D eigenvalue weighted by Gasteiger charge is -2.09. The summed E-state index contributed by atoms with van der Waals surface area (Å²) in [6, 6.07) is 3.85. The number of benzene rings is 1. The highest BCUT2D eigenvalue weighted by Crippen LogP contribution is 2.22. The van der Waals surface area contributed by atoms with E-state index in [1.54, 1.807) is 0 Å². The fourth-order valence-electron chi connectivity index (χ4n) is 1.07. The van der Waals surface area contributed by atoms with Gasteiger partial charge < -0.3 is 9.84 Å². The summed E-state index contributed by atoms with van der Waals surface area (Å²) in [5.74, 6) is -0.954. The van der Waals surface area contributed by atoms with Gasteiger partial charge in [-0.05, 0) is 12.1 Å². The Morgan fingerprint density at radius 2 is 2.12 bits per heavy atom. The number of rotatable bonds is 4. The van der Waals surface area contributed by atoms with E-state index in [-0.39, 0.29) is 11.3 Å². The van der Waals surface area contributed by atoms with Crippen molar-refractivity contribution in [1.82, 2.24) is 0 Å².